The van der Waals surface area contributed by atoms with E-state index in [4.69, 9.17) is 10.5 Å². The molecule has 0 radical (unpaired) electrons. The van der Waals surface area contributed by atoms with E-state index in [9.17, 15) is 4.79 Å². The second kappa shape index (κ2) is 5.91. The van der Waals surface area contributed by atoms with Gasteiger partial charge in [0.05, 0.1) is 0 Å². The number of benzene rings is 2. The number of ether oxygens (including phenoxy) is 1. The smallest absolute Gasteiger partial charge is 0.262 e. The van der Waals surface area contributed by atoms with E-state index in [0.717, 1.165) is 11.3 Å². The number of aryl methyl sites for hydroxylation is 1. The van der Waals surface area contributed by atoms with Crippen LogP contribution in [0.3, 0.4) is 0 Å². The summed E-state index contributed by atoms with van der Waals surface area (Å²) in [6, 6.07) is 14.6. The maximum absolute atomic E-state index is 11.8. The first-order chi connectivity index (χ1) is 9.15. The zero-order chi connectivity index (χ0) is 13.7. The SMILES string of the molecule is Cc1ccccc1NC(=O)COc1cccc(N)c1. The highest BCUT2D eigenvalue weighted by Gasteiger charge is 2.05. The van der Waals surface area contributed by atoms with Crippen LogP contribution in [-0.4, -0.2) is 12.5 Å². The number of nitrogens with one attached hydrogen (secondary N) is 1. The molecule has 3 N–H and O–H groups in total. The molecule has 0 aliphatic heterocycles. The molecule has 0 aliphatic rings. The van der Waals surface area contributed by atoms with Crippen LogP contribution >= 0.6 is 0 Å². The van der Waals surface area contributed by atoms with Crippen molar-refractivity contribution in [3.63, 3.8) is 0 Å². The Morgan fingerprint density at radius 2 is 2.00 bits per heavy atom. The zero-order valence-corrected chi connectivity index (χ0v) is 10.7. The van der Waals surface area contributed by atoms with Crippen molar-refractivity contribution in [2.75, 3.05) is 17.7 Å². The van der Waals surface area contributed by atoms with Crippen molar-refractivity contribution in [2.24, 2.45) is 0 Å². The lowest BCUT2D eigenvalue weighted by Crippen LogP contribution is -2.20. The van der Waals surface area contributed by atoms with Gasteiger partial charge in [0.25, 0.3) is 5.91 Å². The molecule has 1 amide bonds. The minimum Gasteiger partial charge on any atom is -0.484 e. The van der Waals surface area contributed by atoms with E-state index in [0.29, 0.717) is 11.4 Å². The quantitative estimate of drug-likeness (QED) is 0.826. The normalized spacial score (nSPS) is 9.95. The molecule has 0 aliphatic carbocycles. The lowest BCUT2D eigenvalue weighted by Gasteiger charge is -2.09. The Morgan fingerprint density at radius 1 is 1.21 bits per heavy atom. The number of carbonyl (C=O) groups excluding carboxylic acids is 1. The number of amides is 1. The predicted molar refractivity (Wildman–Crippen MR) is 76.2 cm³/mol. The second-order valence-electron chi connectivity index (χ2n) is 4.22. The molecule has 98 valence electrons. The van der Waals surface area contributed by atoms with E-state index in [1.165, 1.54) is 0 Å². The topological polar surface area (TPSA) is 64.3 Å². The highest BCUT2D eigenvalue weighted by molar-refractivity contribution is 5.92. The Kier molecular flexibility index (Phi) is 4.03. The molecule has 0 saturated heterocycles. The van der Waals surface area contributed by atoms with Crippen molar-refractivity contribution >= 4 is 17.3 Å². The molecule has 0 atom stereocenters. The summed E-state index contributed by atoms with van der Waals surface area (Å²) >= 11 is 0. The zero-order valence-electron chi connectivity index (χ0n) is 10.7. The van der Waals surface area contributed by atoms with Crippen LogP contribution in [0.5, 0.6) is 5.75 Å². The third-order valence-corrected chi connectivity index (χ3v) is 2.65. The van der Waals surface area contributed by atoms with Gasteiger partial charge in [0.2, 0.25) is 0 Å². The summed E-state index contributed by atoms with van der Waals surface area (Å²) in [4.78, 5) is 11.8. The average molecular weight is 256 g/mol. The maximum atomic E-state index is 11.8. The van der Waals surface area contributed by atoms with E-state index >= 15 is 0 Å². The number of hydrogen-bond acceptors (Lipinski definition) is 3. The molecule has 0 aromatic heterocycles. The number of nitrogens with two attached hydrogens (primary N) is 1. The highest BCUT2D eigenvalue weighted by atomic mass is 16.5. The first-order valence-electron chi connectivity index (χ1n) is 5.99. The highest BCUT2D eigenvalue weighted by Crippen LogP contribution is 2.15. The second-order valence-corrected chi connectivity index (χ2v) is 4.22. The average Bonchev–Trinajstić information content (AvgIpc) is 2.39. The van der Waals surface area contributed by atoms with Crippen molar-refractivity contribution in [1.82, 2.24) is 0 Å². The van der Waals surface area contributed by atoms with Gasteiger partial charge >= 0.3 is 0 Å². The minimum atomic E-state index is -0.197. The van der Waals surface area contributed by atoms with Crippen molar-refractivity contribution in [3.8, 4) is 5.75 Å². The molecule has 0 bridgehead atoms. The van der Waals surface area contributed by atoms with Gasteiger partial charge in [-0.15, -0.1) is 0 Å². The van der Waals surface area contributed by atoms with Crippen molar-refractivity contribution in [3.05, 3.63) is 54.1 Å². The summed E-state index contributed by atoms with van der Waals surface area (Å²) in [7, 11) is 0. The van der Waals surface area contributed by atoms with Crippen molar-refractivity contribution in [1.29, 1.82) is 0 Å². The Hall–Kier alpha value is -2.49. The van der Waals surface area contributed by atoms with Gasteiger partial charge in [-0.3, -0.25) is 4.79 Å². The van der Waals surface area contributed by atoms with E-state index in [-0.39, 0.29) is 12.5 Å². The molecule has 0 unspecified atom stereocenters. The molecule has 4 heteroatoms. The Morgan fingerprint density at radius 3 is 2.74 bits per heavy atom. The van der Waals surface area contributed by atoms with E-state index in [2.05, 4.69) is 5.32 Å². The predicted octanol–water partition coefficient (Wildman–Crippen LogP) is 2.59. The number of anilines is 2. The van der Waals surface area contributed by atoms with Crippen molar-refractivity contribution < 1.29 is 9.53 Å². The van der Waals surface area contributed by atoms with Crippen LogP contribution in [0.4, 0.5) is 11.4 Å². The fraction of sp³-hybridized carbons (Fsp3) is 0.133. The number of rotatable bonds is 4. The molecular formula is C15H16N2O2. The van der Waals surface area contributed by atoms with E-state index in [1.807, 2.05) is 31.2 Å². The van der Waals surface area contributed by atoms with Crippen LogP contribution in [0.25, 0.3) is 0 Å². The molecular weight excluding hydrogens is 240 g/mol. The molecule has 2 aromatic carbocycles. The molecule has 2 rings (SSSR count). The molecule has 4 nitrogen and oxygen atoms in total. The molecule has 0 heterocycles. The first kappa shape index (κ1) is 13.0. The van der Waals surface area contributed by atoms with Gasteiger partial charge in [0, 0.05) is 17.4 Å². The van der Waals surface area contributed by atoms with E-state index in [1.54, 1.807) is 24.3 Å². The Balaban J connectivity index is 1.90. The number of carbonyl (C=O) groups is 1. The lowest BCUT2D eigenvalue weighted by molar-refractivity contribution is -0.118. The lowest BCUT2D eigenvalue weighted by atomic mass is 10.2. The fourth-order valence-electron chi connectivity index (χ4n) is 1.65. The monoisotopic (exact) mass is 256 g/mol. The van der Waals surface area contributed by atoms with Crippen LogP contribution in [-0.2, 0) is 4.79 Å². The van der Waals surface area contributed by atoms with Gasteiger partial charge in [-0.2, -0.15) is 0 Å². The third-order valence-electron chi connectivity index (χ3n) is 2.65. The summed E-state index contributed by atoms with van der Waals surface area (Å²) in [6.45, 7) is 1.89. The summed E-state index contributed by atoms with van der Waals surface area (Å²) < 4.78 is 5.37. The van der Waals surface area contributed by atoms with Crippen LogP contribution in [0.2, 0.25) is 0 Å². The molecule has 2 aromatic rings. The van der Waals surface area contributed by atoms with E-state index < -0.39 is 0 Å². The minimum absolute atomic E-state index is 0.0439. The fourth-order valence-corrected chi connectivity index (χ4v) is 1.65. The van der Waals surface area contributed by atoms with Crippen LogP contribution < -0.4 is 15.8 Å². The standard InChI is InChI=1S/C15H16N2O2/c1-11-5-2-3-8-14(11)17-15(18)10-19-13-7-4-6-12(16)9-13/h2-9H,10,16H2,1H3,(H,17,18). The van der Waals surface area contributed by atoms with Gasteiger partial charge in [0.1, 0.15) is 5.75 Å². The molecule has 0 saturated carbocycles. The first-order valence-corrected chi connectivity index (χ1v) is 5.99. The van der Waals surface area contributed by atoms with Gasteiger partial charge in [-0.25, -0.2) is 0 Å². The van der Waals surface area contributed by atoms with Crippen LogP contribution in [0.15, 0.2) is 48.5 Å². The number of hydrogen-bond donors (Lipinski definition) is 2. The largest absolute Gasteiger partial charge is 0.484 e. The van der Waals surface area contributed by atoms with Gasteiger partial charge in [-0.05, 0) is 30.7 Å². The molecule has 19 heavy (non-hydrogen) atoms. The summed E-state index contributed by atoms with van der Waals surface area (Å²) in [5.41, 5.74) is 8.04. The van der Waals surface area contributed by atoms with Gasteiger partial charge < -0.3 is 15.8 Å². The summed E-state index contributed by atoms with van der Waals surface area (Å²) in [5.74, 6) is 0.386. The maximum Gasteiger partial charge on any atom is 0.262 e. The molecule has 0 fully saturated rings. The van der Waals surface area contributed by atoms with Crippen LogP contribution in [0.1, 0.15) is 5.56 Å². The van der Waals surface area contributed by atoms with Crippen LogP contribution in [0, 0.1) is 6.92 Å². The Bertz CT molecular complexity index is 582. The summed E-state index contributed by atoms with van der Waals surface area (Å²) in [5, 5.41) is 2.80. The number of para-hydroxylation sites is 1. The Labute approximate surface area is 112 Å². The molecule has 0 spiro atoms. The van der Waals surface area contributed by atoms with Gasteiger partial charge in [-0.1, -0.05) is 24.3 Å². The van der Waals surface area contributed by atoms with Gasteiger partial charge in [0.15, 0.2) is 6.61 Å². The third kappa shape index (κ3) is 3.74. The summed E-state index contributed by atoms with van der Waals surface area (Å²) in [6.07, 6.45) is 0. The number of nitrogen functional groups attached to an aromatic ring is 1. The van der Waals surface area contributed by atoms with Crippen molar-refractivity contribution in [2.45, 2.75) is 6.92 Å².